The fourth-order valence-electron chi connectivity index (χ4n) is 2.30. The van der Waals surface area contributed by atoms with Gasteiger partial charge >= 0.3 is 5.69 Å². The highest BCUT2D eigenvalue weighted by Gasteiger charge is 2.25. The molecular weight excluding hydrogens is 232 g/mol. The summed E-state index contributed by atoms with van der Waals surface area (Å²) in [6, 6.07) is 3.35. The highest BCUT2D eigenvalue weighted by Crippen LogP contribution is 2.30. The van der Waals surface area contributed by atoms with Gasteiger partial charge in [-0.1, -0.05) is 6.92 Å². The number of nitriles is 1. The van der Waals surface area contributed by atoms with Crippen LogP contribution in [0.1, 0.15) is 31.7 Å². The van der Waals surface area contributed by atoms with Gasteiger partial charge in [0.15, 0.2) is 0 Å². The van der Waals surface area contributed by atoms with Crippen LogP contribution in [0.25, 0.3) is 0 Å². The molecule has 2 atom stereocenters. The van der Waals surface area contributed by atoms with Gasteiger partial charge in [0.25, 0.3) is 0 Å². The second kappa shape index (κ2) is 5.00. The zero-order chi connectivity index (χ0) is 13.1. The van der Waals surface area contributed by atoms with E-state index in [-0.39, 0.29) is 23.1 Å². The molecule has 94 valence electrons. The van der Waals surface area contributed by atoms with Gasteiger partial charge in [-0.25, -0.2) is 4.98 Å². The zero-order valence-corrected chi connectivity index (χ0v) is 10.1. The number of pyridine rings is 1. The van der Waals surface area contributed by atoms with Crippen molar-refractivity contribution in [1.29, 1.82) is 5.26 Å². The smallest absolute Gasteiger partial charge is 0.312 e. The van der Waals surface area contributed by atoms with Gasteiger partial charge in [-0.15, -0.1) is 0 Å². The molecule has 1 aliphatic carbocycles. The van der Waals surface area contributed by atoms with E-state index in [0.717, 1.165) is 19.3 Å². The molecule has 1 N–H and O–H groups in total. The fraction of sp³-hybridized carbons (Fsp3) is 0.500. The lowest BCUT2D eigenvalue weighted by Crippen LogP contribution is -2.17. The van der Waals surface area contributed by atoms with Crippen LogP contribution in [0, 0.1) is 27.4 Å². The summed E-state index contributed by atoms with van der Waals surface area (Å²) in [5.41, 5.74) is 0.0700. The molecule has 1 heterocycles. The average molecular weight is 246 g/mol. The Labute approximate surface area is 105 Å². The van der Waals surface area contributed by atoms with Crippen molar-refractivity contribution in [3.63, 3.8) is 0 Å². The third-order valence-corrected chi connectivity index (χ3v) is 3.23. The number of rotatable bonds is 3. The SMILES string of the molecule is CC1CCC(Nc2ncc(C#N)cc2[N+](=O)[O-])C1. The summed E-state index contributed by atoms with van der Waals surface area (Å²) in [5.74, 6) is 0.901. The molecule has 0 saturated heterocycles. The van der Waals surface area contributed by atoms with Crippen molar-refractivity contribution in [2.24, 2.45) is 5.92 Å². The first-order chi connectivity index (χ1) is 8.60. The predicted molar refractivity (Wildman–Crippen MR) is 66.0 cm³/mol. The second-order valence-corrected chi connectivity index (χ2v) is 4.72. The molecule has 2 unspecified atom stereocenters. The summed E-state index contributed by atoms with van der Waals surface area (Å²) in [7, 11) is 0. The first-order valence-corrected chi connectivity index (χ1v) is 5.91. The molecule has 1 fully saturated rings. The Kier molecular flexibility index (Phi) is 3.42. The Morgan fingerprint density at radius 1 is 1.61 bits per heavy atom. The van der Waals surface area contributed by atoms with E-state index in [0.29, 0.717) is 5.92 Å². The monoisotopic (exact) mass is 246 g/mol. The van der Waals surface area contributed by atoms with Crippen molar-refractivity contribution in [2.75, 3.05) is 5.32 Å². The minimum Gasteiger partial charge on any atom is -0.362 e. The topological polar surface area (TPSA) is 91.8 Å². The van der Waals surface area contributed by atoms with Gasteiger partial charge in [0.1, 0.15) is 6.07 Å². The molecule has 6 nitrogen and oxygen atoms in total. The molecule has 18 heavy (non-hydrogen) atoms. The van der Waals surface area contributed by atoms with Gasteiger partial charge in [0.2, 0.25) is 5.82 Å². The molecule has 6 heteroatoms. The summed E-state index contributed by atoms with van der Waals surface area (Å²) in [4.78, 5) is 14.4. The standard InChI is InChI=1S/C12H14N4O2/c1-8-2-3-10(4-8)15-12-11(16(17)18)5-9(6-13)7-14-12/h5,7-8,10H,2-4H2,1H3,(H,14,15). The highest BCUT2D eigenvalue weighted by atomic mass is 16.6. The van der Waals surface area contributed by atoms with Gasteiger partial charge in [0.05, 0.1) is 10.5 Å². The maximum Gasteiger partial charge on any atom is 0.312 e. The number of nitrogens with one attached hydrogen (secondary N) is 1. The van der Waals surface area contributed by atoms with Crippen LogP contribution in [0.3, 0.4) is 0 Å². The maximum absolute atomic E-state index is 10.9. The Morgan fingerprint density at radius 2 is 2.39 bits per heavy atom. The van der Waals surface area contributed by atoms with Gasteiger partial charge < -0.3 is 5.32 Å². The molecule has 0 bridgehead atoms. The summed E-state index contributed by atoms with van der Waals surface area (Å²) in [6.45, 7) is 2.17. The molecule has 1 aromatic heterocycles. The van der Waals surface area contributed by atoms with E-state index in [9.17, 15) is 10.1 Å². The van der Waals surface area contributed by atoms with Crippen LogP contribution < -0.4 is 5.32 Å². The normalized spacial score (nSPS) is 22.4. The maximum atomic E-state index is 10.9. The van der Waals surface area contributed by atoms with Crippen molar-refractivity contribution in [1.82, 2.24) is 4.98 Å². The molecule has 1 aromatic rings. The highest BCUT2D eigenvalue weighted by molar-refractivity contribution is 5.58. The predicted octanol–water partition coefficient (Wildman–Crippen LogP) is 2.46. The van der Waals surface area contributed by atoms with Crippen LogP contribution >= 0.6 is 0 Å². The summed E-state index contributed by atoms with van der Waals surface area (Å²) in [5, 5.41) is 22.8. The van der Waals surface area contributed by atoms with Gasteiger partial charge in [-0.05, 0) is 25.2 Å². The molecule has 0 aliphatic heterocycles. The van der Waals surface area contributed by atoms with E-state index in [1.807, 2.05) is 6.07 Å². The molecule has 2 rings (SSSR count). The van der Waals surface area contributed by atoms with Crippen molar-refractivity contribution in [3.8, 4) is 6.07 Å². The average Bonchev–Trinajstić information content (AvgIpc) is 2.75. The van der Waals surface area contributed by atoms with Gasteiger partial charge in [-0.3, -0.25) is 10.1 Å². The van der Waals surface area contributed by atoms with Crippen molar-refractivity contribution in [2.45, 2.75) is 32.2 Å². The van der Waals surface area contributed by atoms with Crippen LogP contribution in [-0.4, -0.2) is 15.9 Å². The van der Waals surface area contributed by atoms with Crippen LogP contribution in [0.4, 0.5) is 11.5 Å². The van der Waals surface area contributed by atoms with E-state index in [2.05, 4.69) is 17.2 Å². The molecule has 1 saturated carbocycles. The lowest BCUT2D eigenvalue weighted by molar-refractivity contribution is -0.384. The summed E-state index contributed by atoms with van der Waals surface area (Å²) < 4.78 is 0. The first-order valence-electron chi connectivity index (χ1n) is 5.91. The van der Waals surface area contributed by atoms with Crippen LogP contribution in [0.15, 0.2) is 12.3 Å². The summed E-state index contributed by atoms with van der Waals surface area (Å²) >= 11 is 0. The number of hydrogen-bond donors (Lipinski definition) is 1. The lowest BCUT2D eigenvalue weighted by atomic mass is 10.1. The number of aromatic nitrogens is 1. The van der Waals surface area contributed by atoms with E-state index in [1.54, 1.807) is 0 Å². The Hall–Kier alpha value is -2.16. The van der Waals surface area contributed by atoms with E-state index in [1.165, 1.54) is 12.3 Å². The minimum absolute atomic E-state index is 0.131. The second-order valence-electron chi connectivity index (χ2n) is 4.72. The zero-order valence-electron chi connectivity index (χ0n) is 10.1. The van der Waals surface area contributed by atoms with E-state index in [4.69, 9.17) is 5.26 Å². The van der Waals surface area contributed by atoms with E-state index >= 15 is 0 Å². The first kappa shape index (κ1) is 12.3. The molecule has 1 aliphatic rings. The molecule has 0 spiro atoms. The minimum atomic E-state index is -0.505. The van der Waals surface area contributed by atoms with Crippen LogP contribution in [-0.2, 0) is 0 Å². The number of nitrogens with zero attached hydrogens (tertiary/aromatic N) is 3. The Bertz CT molecular complexity index is 509. The largest absolute Gasteiger partial charge is 0.362 e. The van der Waals surface area contributed by atoms with Gasteiger partial charge in [0, 0.05) is 18.3 Å². The molecule has 0 aromatic carbocycles. The third kappa shape index (κ3) is 2.56. The lowest BCUT2D eigenvalue weighted by Gasteiger charge is -2.12. The van der Waals surface area contributed by atoms with Crippen molar-refractivity contribution < 1.29 is 4.92 Å². The Balaban J connectivity index is 2.22. The Morgan fingerprint density at radius 3 is 2.94 bits per heavy atom. The molecule has 0 amide bonds. The number of hydrogen-bond acceptors (Lipinski definition) is 5. The molecule has 0 radical (unpaired) electrons. The van der Waals surface area contributed by atoms with Gasteiger partial charge in [-0.2, -0.15) is 5.26 Å². The van der Waals surface area contributed by atoms with Crippen LogP contribution in [0.5, 0.6) is 0 Å². The fourth-order valence-corrected chi connectivity index (χ4v) is 2.30. The number of anilines is 1. The molecular formula is C12H14N4O2. The third-order valence-electron chi connectivity index (χ3n) is 3.23. The summed E-state index contributed by atoms with van der Waals surface area (Å²) in [6.07, 6.45) is 4.48. The van der Waals surface area contributed by atoms with Crippen molar-refractivity contribution >= 4 is 11.5 Å². The van der Waals surface area contributed by atoms with Crippen molar-refractivity contribution in [3.05, 3.63) is 27.9 Å². The number of nitro groups is 1. The quantitative estimate of drug-likeness (QED) is 0.653. The van der Waals surface area contributed by atoms with E-state index < -0.39 is 4.92 Å². The van der Waals surface area contributed by atoms with Crippen LogP contribution in [0.2, 0.25) is 0 Å².